The largest absolute Gasteiger partial charge is 0.468 e. The molecule has 0 aliphatic carbocycles. The third-order valence-electron chi connectivity index (χ3n) is 3.16. The molecule has 0 aromatic carbocycles. The van der Waals surface area contributed by atoms with Gasteiger partial charge in [-0.15, -0.1) is 11.8 Å². The minimum absolute atomic E-state index is 0.0217. The summed E-state index contributed by atoms with van der Waals surface area (Å²) >= 11 is 2.88. The maximum absolute atomic E-state index is 12.3. The topological polar surface area (TPSA) is 61.2 Å². The highest BCUT2D eigenvalue weighted by Gasteiger charge is 2.27. The molecule has 1 aromatic heterocycles. The molecule has 0 bridgehead atoms. The summed E-state index contributed by atoms with van der Waals surface area (Å²) in [5, 5.41) is 0.636. The van der Waals surface area contributed by atoms with Gasteiger partial charge in [-0.3, -0.25) is 14.2 Å². The van der Waals surface area contributed by atoms with Crippen LogP contribution in [-0.2, 0) is 23.0 Å². The minimum Gasteiger partial charge on any atom is -0.468 e. The Balaban J connectivity index is 2.34. The van der Waals surface area contributed by atoms with Crippen LogP contribution in [0.1, 0.15) is 26.0 Å². The number of hydrogen-bond acceptors (Lipinski definition) is 6. The van der Waals surface area contributed by atoms with Gasteiger partial charge < -0.3 is 4.74 Å². The van der Waals surface area contributed by atoms with Crippen LogP contribution in [0.2, 0.25) is 0 Å². The van der Waals surface area contributed by atoms with Crippen molar-refractivity contribution in [3.05, 3.63) is 16.0 Å². The van der Waals surface area contributed by atoms with Crippen LogP contribution >= 0.6 is 23.5 Å². The molecule has 0 spiro atoms. The number of aromatic nitrogens is 2. The lowest BCUT2D eigenvalue weighted by Gasteiger charge is -2.14. The quantitative estimate of drug-likeness (QED) is 0.480. The molecule has 0 N–H and O–H groups in total. The van der Waals surface area contributed by atoms with Gasteiger partial charge in [0.1, 0.15) is 5.25 Å². The van der Waals surface area contributed by atoms with E-state index in [4.69, 9.17) is 4.74 Å². The molecule has 5 nitrogen and oxygen atoms in total. The third kappa shape index (κ3) is 2.88. The van der Waals surface area contributed by atoms with E-state index in [2.05, 4.69) is 11.9 Å². The van der Waals surface area contributed by atoms with E-state index in [1.54, 1.807) is 18.8 Å². The van der Waals surface area contributed by atoms with Gasteiger partial charge in [0.25, 0.3) is 5.56 Å². The van der Waals surface area contributed by atoms with E-state index in [-0.39, 0.29) is 16.8 Å². The predicted octanol–water partition coefficient (Wildman–Crippen LogP) is 1.86. The van der Waals surface area contributed by atoms with Gasteiger partial charge >= 0.3 is 5.97 Å². The first-order chi connectivity index (χ1) is 9.47. The van der Waals surface area contributed by atoms with E-state index < -0.39 is 0 Å². The SMILES string of the molecule is CCC(Sc1nc2c(c(=O)n1C)SC(C)C2)C(=O)OC. The highest BCUT2D eigenvalue weighted by Crippen LogP contribution is 2.34. The number of carbonyl (C=O) groups is 1. The molecule has 20 heavy (non-hydrogen) atoms. The van der Waals surface area contributed by atoms with Crippen LogP contribution in [0.4, 0.5) is 0 Å². The molecule has 0 amide bonds. The first kappa shape index (κ1) is 15.4. The molecule has 0 radical (unpaired) electrons. The molecule has 2 unspecified atom stereocenters. The van der Waals surface area contributed by atoms with Gasteiger partial charge in [-0.1, -0.05) is 25.6 Å². The number of carbonyl (C=O) groups excluding carboxylic acids is 1. The summed E-state index contributed by atoms with van der Waals surface area (Å²) in [4.78, 5) is 29.3. The Morgan fingerprint density at radius 1 is 1.65 bits per heavy atom. The second-order valence-corrected chi connectivity index (χ2v) is 7.32. The summed E-state index contributed by atoms with van der Waals surface area (Å²) in [7, 11) is 3.07. The summed E-state index contributed by atoms with van der Waals surface area (Å²) in [6.07, 6.45) is 1.44. The Kier molecular flexibility index (Phi) is 4.80. The van der Waals surface area contributed by atoms with E-state index in [1.165, 1.54) is 23.4 Å². The van der Waals surface area contributed by atoms with E-state index >= 15 is 0 Å². The zero-order valence-electron chi connectivity index (χ0n) is 12.0. The van der Waals surface area contributed by atoms with Crippen molar-refractivity contribution in [2.24, 2.45) is 7.05 Å². The lowest BCUT2D eigenvalue weighted by atomic mass is 10.2. The van der Waals surface area contributed by atoms with Gasteiger partial charge in [-0.2, -0.15) is 0 Å². The van der Waals surface area contributed by atoms with Crippen molar-refractivity contribution in [2.45, 2.75) is 47.2 Å². The highest BCUT2D eigenvalue weighted by atomic mass is 32.2. The standard InChI is InChI=1S/C13H18N2O3S2/c1-5-9(12(17)18-4)20-13-14-8-6-7(2)19-10(8)11(16)15(13)3/h7,9H,5-6H2,1-4H3. The van der Waals surface area contributed by atoms with Crippen LogP contribution < -0.4 is 5.56 Å². The van der Waals surface area contributed by atoms with Crippen LogP contribution in [0.3, 0.4) is 0 Å². The molecule has 1 aromatic rings. The van der Waals surface area contributed by atoms with Gasteiger partial charge in [0.05, 0.1) is 17.7 Å². The smallest absolute Gasteiger partial charge is 0.319 e. The summed E-state index contributed by atoms with van der Waals surface area (Å²) in [6.45, 7) is 4.00. The Morgan fingerprint density at radius 3 is 2.95 bits per heavy atom. The van der Waals surface area contributed by atoms with Gasteiger partial charge in [-0.05, 0) is 6.42 Å². The lowest BCUT2D eigenvalue weighted by molar-refractivity contribution is -0.140. The first-order valence-corrected chi connectivity index (χ1v) is 8.24. The maximum atomic E-state index is 12.3. The van der Waals surface area contributed by atoms with Crippen molar-refractivity contribution in [1.82, 2.24) is 9.55 Å². The number of thioether (sulfide) groups is 2. The molecule has 2 heterocycles. The van der Waals surface area contributed by atoms with Crippen LogP contribution in [-0.4, -0.2) is 33.1 Å². The number of esters is 1. The zero-order valence-corrected chi connectivity index (χ0v) is 13.6. The van der Waals surface area contributed by atoms with Crippen molar-refractivity contribution in [3.8, 4) is 0 Å². The normalized spacial score (nSPS) is 18.7. The van der Waals surface area contributed by atoms with Crippen molar-refractivity contribution >= 4 is 29.5 Å². The van der Waals surface area contributed by atoms with Gasteiger partial charge in [-0.25, -0.2) is 4.98 Å². The number of methoxy groups -OCH3 is 1. The molecule has 1 aliphatic rings. The Labute approximate surface area is 126 Å². The molecule has 2 rings (SSSR count). The van der Waals surface area contributed by atoms with Crippen molar-refractivity contribution in [1.29, 1.82) is 0 Å². The van der Waals surface area contributed by atoms with Crippen molar-refractivity contribution in [3.63, 3.8) is 0 Å². The van der Waals surface area contributed by atoms with Crippen LogP contribution in [0, 0.1) is 0 Å². The van der Waals surface area contributed by atoms with Crippen LogP contribution in [0.25, 0.3) is 0 Å². The molecule has 110 valence electrons. The average Bonchev–Trinajstić information content (AvgIpc) is 2.81. The summed E-state index contributed by atoms with van der Waals surface area (Å²) in [5.74, 6) is -0.282. The summed E-state index contributed by atoms with van der Waals surface area (Å²) < 4.78 is 6.30. The fourth-order valence-electron chi connectivity index (χ4n) is 2.04. The Bertz CT molecular complexity index is 586. The fraction of sp³-hybridized carbons (Fsp3) is 0.615. The van der Waals surface area contributed by atoms with Gasteiger partial charge in [0.2, 0.25) is 0 Å². The van der Waals surface area contributed by atoms with Crippen LogP contribution in [0.5, 0.6) is 0 Å². The summed E-state index contributed by atoms with van der Waals surface area (Å²) in [5.41, 5.74) is 0.833. The predicted molar refractivity (Wildman–Crippen MR) is 80.5 cm³/mol. The Morgan fingerprint density at radius 2 is 2.35 bits per heavy atom. The molecule has 2 atom stereocenters. The molecule has 1 aliphatic heterocycles. The second kappa shape index (κ2) is 6.22. The monoisotopic (exact) mass is 314 g/mol. The minimum atomic E-state index is -0.331. The van der Waals surface area contributed by atoms with Gasteiger partial charge in [0, 0.05) is 18.7 Å². The second-order valence-electron chi connectivity index (χ2n) is 4.70. The van der Waals surface area contributed by atoms with E-state index in [9.17, 15) is 9.59 Å². The number of hydrogen-bond donors (Lipinski definition) is 0. The van der Waals surface area contributed by atoms with E-state index in [1.807, 2.05) is 6.92 Å². The number of nitrogens with zero attached hydrogens (tertiary/aromatic N) is 2. The number of ether oxygens (including phenoxy) is 1. The molecule has 0 saturated carbocycles. The van der Waals surface area contributed by atoms with Gasteiger partial charge in [0.15, 0.2) is 5.16 Å². The molecule has 0 saturated heterocycles. The maximum Gasteiger partial charge on any atom is 0.319 e. The number of rotatable bonds is 4. The molecular formula is C13H18N2O3S2. The van der Waals surface area contributed by atoms with Crippen molar-refractivity contribution < 1.29 is 9.53 Å². The number of fused-ring (bicyclic) bond motifs is 1. The molecule has 7 heteroatoms. The Hall–Kier alpha value is -0.950. The zero-order chi connectivity index (χ0) is 14.9. The average molecular weight is 314 g/mol. The highest BCUT2D eigenvalue weighted by molar-refractivity contribution is 8.00. The lowest BCUT2D eigenvalue weighted by Crippen LogP contribution is -2.25. The molecule has 0 fully saturated rings. The first-order valence-electron chi connectivity index (χ1n) is 6.49. The van der Waals surface area contributed by atoms with Crippen LogP contribution in [0.15, 0.2) is 14.8 Å². The molecular weight excluding hydrogens is 296 g/mol. The van der Waals surface area contributed by atoms with E-state index in [0.717, 1.165) is 17.0 Å². The van der Waals surface area contributed by atoms with Crippen molar-refractivity contribution in [2.75, 3.05) is 7.11 Å². The third-order valence-corrected chi connectivity index (χ3v) is 5.76. The fourth-order valence-corrected chi connectivity index (χ4v) is 4.20. The summed E-state index contributed by atoms with van der Waals surface area (Å²) in [6, 6.07) is 0. The van der Waals surface area contributed by atoms with E-state index in [0.29, 0.717) is 16.8 Å².